The number of rotatable bonds is 8. The lowest BCUT2D eigenvalue weighted by molar-refractivity contribution is 0.0395. The quantitative estimate of drug-likeness (QED) is 0.284. The van der Waals surface area contributed by atoms with Gasteiger partial charge >= 0.3 is 11.8 Å². The molecule has 2 aromatic carbocycles. The molecule has 3 heterocycles. The molecular formula is C27H26N6O6. The van der Waals surface area contributed by atoms with Gasteiger partial charge in [-0.05, 0) is 49.6 Å². The fraction of sp³-hybridized carbons (Fsp3) is 0.259. The Bertz CT molecular complexity index is 1670. The molecule has 200 valence electrons. The van der Waals surface area contributed by atoms with E-state index in [0.29, 0.717) is 18.2 Å². The highest BCUT2D eigenvalue weighted by Gasteiger charge is 2.32. The summed E-state index contributed by atoms with van der Waals surface area (Å²) in [4.78, 5) is 29.1. The zero-order valence-electron chi connectivity index (χ0n) is 21.8. The number of nitrogens with one attached hydrogen (secondary N) is 1. The van der Waals surface area contributed by atoms with Gasteiger partial charge in [0.2, 0.25) is 5.82 Å². The Morgan fingerprint density at radius 3 is 2.41 bits per heavy atom. The van der Waals surface area contributed by atoms with Gasteiger partial charge in [-0.3, -0.25) is 0 Å². The number of carbonyl (C=O) groups excluding carboxylic acids is 1. The number of esters is 1. The molecule has 12 nitrogen and oxygen atoms in total. The van der Waals surface area contributed by atoms with Crippen molar-refractivity contribution in [1.29, 1.82) is 0 Å². The van der Waals surface area contributed by atoms with E-state index in [1.54, 1.807) is 25.3 Å². The number of carbonyl (C=O) groups is 1. The summed E-state index contributed by atoms with van der Waals surface area (Å²) in [5.41, 5.74) is 2.51. The van der Waals surface area contributed by atoms with Gasteiger partial charge in [0.05, 0.1) is 0 Å². The summed E-state index contributed by atoms with van der Waals surface area (Å²) in [6, 6.07) is 15.6. The van der Waals surface area contributed by atoms with Crippen molar-refractivity contribution in [3.05, 3.63) is 93.4 Å². The summed E-state index contributed by atoms with van der Waals surface area (Å²) >= 11 is 0. The lowest BCUT2D eigenvalue weighted by Gasteiger charge is -2.17. The lowest BCUT2D eigenvalue weighted by atomic mass is 9.98. The topological polar surface area (TPSA) is 162 Å². The first-order valence-corrected chi connectivity index (χ1v) is 12.1. The smallest absolute Gasteiger partial charge is 0.453 e. The summed E-state index contributed by atoms with van der Waals surface area (Å²) in [6.45, 7) is 6.37. The maximum atomic E-state index is 13.3. The van der Waals surface area contributed by atoms with E-state index in [0.717, 1.165) is 22.3 Å². The SMILES string of the molecule is Cc1oc(=O)oc1COC(=O)c1c(C(C)(C)O)nc(C)n1Cc1ccc(-c2ccccc2-c2nn[nH]n2)cc1. The average Bonchev–Trinajstić information content (AvgIpc) is 3.63. The average molecular weight is 531 g/mol. The Balaban J connectivity index is 1.44. The number of nitrogens with zero attached hydrogens (tertiary/aromatic N) is 5. The van der Waals surface area contributed by atoms with Crippen molar-refractivity contribution in [1.82, 2.24) is 30.2 Å². The number of H-pyrrole nitrogens is 1. The molecule has 0 spiro atoms. The zero-order chi connectivity index (χ0) is 27.7. The Hall–Kier alpha value is -4.84. The van der Waals surface area contributed by atoms with Crippen molar-refractivity contribution in [2.45, 2.75) is 46.4 Å². The van der Waals surface area contributed by atoms with E-state index in [-0.39, 0.29) is 29.5 Å². The van der Waals surface area contributed by atoms with E-state index >= 15 is 0 Å². The van der Waals surface area contributed by atoms with Gasteiger partial charge in [0.25, 0.3) is 0 Å². The minimum absolute atomic E-state index is 0.107. The van der Waals surface area contributed by atoms with Crippen LogP contribution in [0.15, 0.2) is 62.2 Å². The lowest BCUT2D eigenvalue weighted by Crippen LogP contribution is -2.23. The number of hydrogen-bond acceptors (Lipinski definition) is 10. The summed E-state index contributed by atoms with van der Waals surface area (Å²) in [6.07, 6.45) is 0. The molecule has 0 atom stereocenters. The highest BCUT2D eigenvalue weighted by Crippen LogP contribution is 2.31. The van der Waals surface area contributed by atoms with Gasteiger partial charge in [0.1, 0.15) is 17.1 Å². The predicted octanol–water partition coefficient (Wildman–Crippen LogP) is 3.53. The standard InChI is InChI=1S/C27H26N6O6/c1-15-21(39-26(35)38-15)14-37-25(34)22-23(27(3,4)36)28-16(2)33(22)13-17-9-11-18(12-10-17)19-7-5-6-8-20(19)24-29-31-32-30-24/h5-12,36H,13-14H2,1-4H3,(H,29,30,31,32). The second-order valence-electron chi connectivity index (χ2n) is 9.49. The Labute approximate surface area is 222 Å². The van der Waals surface area contributed by atoms with Crippen LogP contribution >= 0.6 is 0 Å². The number of hydrogen-bond donors (Lipinski definition) is 2. The fourth-order valence-electron chi connectivity index (χ4n) is 4.28. The van der Waals surface area contributed by atoms with Crippen LogP contribution < -0.4 is 5.82 Å². The van der Waals surface area contributed by atoms with Crippen LogP contribution in [0.3, 0.4) is 0 Å². The molecule has 3 aromatic heterocycles. The van der Waals surface area contributed by atoms with E-state index < -0.39 is 17.4 Å². The number of tetrazole rings is 1. The van der Waals surface area contributed by atoms with Crippen LogP contribution in [0, 0.1) is 13.8 Å². The molecule has 0 radical (unpaired) electrons. The molecule has 0 amide bonds. The maximum Gasteiger partial charge on any atom is 0.519 e. The fourth-order valence-corrected chi connectivity index (χ4v) is 4.28. The van der Waals surface area contributed by atoms with Gasteiger partial charge in [-0.15, -0.1) is 10.2 Å². The van der Waals surface area contributed by atoms with Crippen LogP contribution in [0.25, 0.3) is 22.5 Å². The number of aromatic nitrogens is 6. The molecule has 39 heavy (non-hydrogen) atoms. The number of aromatic amines is 1. The number of ether oxygens (including phenoxy) is 1. The molecule has 0 aliphatic rings. The van der Waals surface area contributed by atoms with E-state index in [2.05, 4.69) is 25.6 Å². The van der Waals surface area contributed by atoms with Gasteiger partial charge in [-0.25, -0.2) is 14.6 Å². The first-order valence-electron chi connectivity index (χ1n) is 12.1. The highest BCUT2D eigenvalue weighted by atomic mass is 16.6. The molecule has 0 unspecified atom stereocenters. The Morgan fingerprint density at radius 2 is 1.79 bits per heavy atom. The summed E-state index contributed by atoms with van der Waals surface area (Å²) in [5.74, 6) is -0.243. The highest BCUT2D eigenvalue weighted by molar-refractivity contribution is 5.89. The summed E-state index contributed by atoms with van der Waals surface area (Å²) in [7, 11) is 0. The second kappa shape index (κ2) is 10.1. The monoisotopic (exact) mass is 530 g/mol. The minimum atomic E-state index is -1.41. The third-order valence-electron chi connectivity index (χ3n) is 6.22. The number of benzene rings is 2. The minimum Gasteiger partial charge on any atom is -0.453 e. The first-order chi connectivity index (χ1) is 18.6. The molecular weight excluding hydrogens is 504 g/mol. The third-order valence-corrected chi connectivity index (χ3v) is 6.22. The first kappa shape index (κ1) is 25.8. The van der Waals surface area contributed by atoms with Crippen LogP contribution in [0.4, 0.5) is 0 Å². The van der Waals surface area contributed by atoms with Gasteiger partial charge in [-0.2, -0.15) is 5.21 Å². The summed E-state index contributed by atoms with van der Waals surface area (Å²) in [5, 5.41) is 25.1. The van der Waals surface area contributed by atoms with Crippen molar-refractivity contribution in [3.8, 4) is 22.5 Å². The number of aryl methyl sites for hydroxylation is 2. The molecule has 12 heteroatoms. The van der Waals surface area contributed by atoms with Crippen molar-refractivity contribution in [3.63, 3.8) is 0 Å². The molecule has 5 rings (SSSR count). The van der Waals surface area contributed by atoms with Gasteiger partial charge in [0.15, 0.2) is 23.8 Å². The Morgan fingerprint density at radius 1 is 1.08 bits per heavy atom. The normalized spacial score (nSPS) is 11.6. The number of imidazole rings is 1. The van der Waals surface area contributed by atoms with Crippen LogP contribution in [0.2, 0.25) is 0 Å². The Kier molecular flexibility index (Phi) is 6.71. The van der Waals surface area contributed by atoms with E-state index in [9.17, 15) is 14.7 Å². The molecule has 0 saturated carbocycles. The molecule has 0 aliphatic carbocycles. The van der Waals surface area contributed by atoms with Crippen LogP contribution in [0.1, 0.15) is 52.9 Å². The second-order valence-corrected chi connectivity index (χ2v) is 9.49. The third kappa shape index (κ3) is 5.27. The largest absolute Gasteiger partial charge is 0.519 e. The molecule has 0 fully saturated rings. The summed E-state index contributed by atoms with van der Waals surface area (Å²) < 4.78 is 16.9. The zero-order valence-corrected chi connectivity index (χ0v) is 21.8. The van der Waals surface area contributed by atoms with Gasteiger partial charge in [0, 0.05) is 12.1 Å². The molecule has 0 saturated heterocycles. The predicted molar refractivity (Wildman–Crippen MR) is 137 cm³/mol. The van der Waals surface area contributed by atoms with E-state index in [4.69, 9.17) is 13.6 Å². The molecule has 0 bridgehead atoms. The molecule has 0 aliphatic heterocycles. The van der Waals surface area contributed by atoms with Gasteiger partial charge < -0.3 is 23.2 Å². The van der Waals surface area contributed by atoms with Gasteiger partial charge in [-0.1, -0.05) is 48.5 Å². The maximum absolute atomic E-state index is 13.3. The van der Waals surface area contributed by atoms with Crippen LogP contribution in [-0.4, -0.2) is 41.3 Å². The van der Waals surface area contributed by atoms with E-state index in [1.807, 2.05) is 48.5 Å². The number of aliphatic hydroxyl groups is 1. The van der Waals surface area contributed by atoms with Crippen molar-refractivity contribution < 1.29 is 23.5 Å². The van der Waals surface area contributed by atoms with Crippen LogP contribution in [0.5, 0.6) is 0 Å². The molecule has 2 N–H and O–H groups in total. The van der Waals surface area contributed by atoms with Crippen molar-refractivity contribution >= 4 is 5.97 Å². The molecule has 5 aromatic rings. The van der Waals surface area contributed by atoms with E-state index in [1.165, 1.54) is 6.92 Å². The van der Waals surface area contributed by atoms with Crippen molar-refractivity contribution in [2.75, 3.05) is 0 Å². The van der Waals surface area contributed by atoms with Crippen LogP contribution in [-0.2, 0) is 23.5 Å². The van der Waals surface area contributed by atoms with Crippen molar-refractivity contribution in [2.24, 2.45) is 0 Å².